The van der Waals surface area contributed by atoms with E-state index in [1.165, 1.54) is 6.92 Å². The first-order chi connectivity index (χ1) is 6.23. The smallest absolute Gasteiger partial charge is 0.318 e. The van der Waals surface area contributed by atoms with Crippen LogP contribution in [0.25, 0.3) is 0 Å². The Morgan fingerprint density at radius 2 is 1.57 bits per heavy atom. The number of carbonyl (C=O) groups excluding carboxylic acids is 3. The summed E-state index contributed by atoms with van der Waals surface area (Å²) in [5.74, 6) is -1.30. The first-order valence-electron chi connectivity index (χ1n) is 4.48. The summed E-state index contributed by atoms with van der Waals surface area (Å²) in [6.07, 6.45) is 0.0907. The Labute approximate surface area is 83.6 Å². The van der Waals surface area contributed by atoms with E-state index in [0.29, 0.717) is 0 Å². The van der Waals surface area contributed by atoms with Crippen molar-refractivity contribution in [2.75, 3.05) is 0 Å². The van der Waals surface area contributed by atoms with Crippen LogP contribution in [0.2, 0.25) is 0 Å². The molecule has 0 aromatic heterocycles. The molecule has 0 aromatic carbocycles. The molecular formula is C10H16O4. The van der Waals surface area contributed by atoms with E-state index in [1.54, 1.807) is 20.8 Å². The molecule has 0 aliphatic carbocycles. The number of ether oxygens (including phenoxy) is 1. The fourth-order valence-electron chi connectivity index (χ4n) is 0.586. The highest BCUT2D eigenvalue weighted by molar-refractivity contribution is 5.90. The van der Waals surface area contributed by atoms with E-state index < -0.39 is 17.4 Å². The standard InChI is InChI=1S/C10H16O4/c1-7(11)5-6-8(12)14-9(13)10(2,3)4/h5-6H2,1-4H3. The third kappa shape index (κ3) is 5.45. The van der Waals surface area contributed by atoms with Crippen LogP contribution in [0.5, 0.6) is 0 Å². The molecule has 0 rings (SSSR count). The number of rotatable bonds is 3. The summed E-state index contributed by atoms with van der Waals surface area (Å²) in [6.45, 7) is 6.37. The van der Waals surface area contributed by atoms with Gasteiger partial charge in [0.15, 0.2) is 0 Å². The van der Waals surface area contributed by atoms with Gasteiger partial charge in [-0.25, -0.2) is 0 Å². The van der Waals surface area contributed by atoms with Gasteiger partial charge in [0.25, 0.3) is 0 Å². The molecule has 0 spiro atoms. The molecule has 0 fully saturated rings. The summed E-state index contributed by atoms with van der Waals surface area (Å²) in [5.41, 5.74) is -0.689. The highest BCUT2D eigenvalue weighted by Gasteiger charge is 2.25. The molecule has 80 valence electrons. The molecule has 0 saturated heterocycles. The molecule has 0 aromatic rings. The van der Waals surface area contributed by atoms with Gasteiger partial charge in [-0.2, -0.15) is 0 Å². The maximum atomic E-state index is 11.2. The molecule has 4 heteroatoms. The molecule has 0 amide bonds. The van der Waals surface area contributed by atoms with Gasteiger partial charge in [-0.3, -0.25) is 9.59 Å². The predicted molar refractivity (Wildman–Crippen MR) is 50.5 cm³/mol. The maximum Gasteiger partial charge on any atom is 0.318 e. The number of hydrogen-bond acceptors (Lipinski definition) is 4. The van der Waals surface area contributed by atoms with Crippen molar-refractivity contribution >= 4 is 17.7 Å². The van der Waals surface area contributed by atoms with Gasteiger partial charge < -0.3 is 9.53 Å². The van der Waals surface area contributed by atoms with Crippen LogP contribution in [-0.2, 0) is 19.1 Å². The van der Waals surface area contributed by atoms with Crippen LogP contribution in [0, 0.1) is 5.41 Å². The second-order valence-electron chi connectivity index (χ2n) is 4.21. The number of carbonyl (C=O) groups is 3. The molecule has 0 saturated carbocycles. The van der Waals surface area contributed by atoms with Gasteiger partial charge in [0.05, 0.1) is 11.8 Å². The minimum absolute atomic E-state index is 0.0306. The Morgan fingerprint density at radius 1 is 1.07 bits per heavy atom. The molecule has 4 nitrogen and oxygen atoms in total. The van der Waals surface area contributed by atoms with Crippen molar-refractivity contribution < 1.29 is 19.1 Å². The summed E-state index contributed by atoms with van der Waals surface area (Å²) >= 11 is 0. The number of esters is 2. The van der Waals surface area contributed by atoms with Crippen LogP contribution in [0.15, 0.2) is 0 Å². The summed E-state index contributed by atoms with van der Waals surface area (Å²) in [5, 5.41) is 0. The Kier molecular flexibility index (Phi) is 4.47. The molecule has 0 bridgehead atoms. The molecule has 0 N–H and O–H groups in total. The first kappa shape index (κ1) is 12.8. The zero-order chi connectivity index (χ0) is 11.4. The van der Waals surface area contributed by atoms with E-state index in [-0.39, 0.29) is 18.6 Å². The Balaban J connectivity index is 3.96. The van der Waals surface area contributed by atoms with E-state index in [0.717, 1.165) is 0 Å². The molecule has 14 heavy (non-hydrogen) atoms. The topological polar surface area (TPSA) is 60.4 Å². The lowest BCUT2D eigenvalue weighted by Gasteiger charge is -2.14. The highest BCUT2D eigenvalue weighted by Crippen LogP contribution is 2.15. The minimum Gasteiger partial charge on any atom is -0.393 e. The lowest BCUT2D eigenvalue weighted by molar-refractivity contribution is -0.166. The summed E-state index contributed by atoms with van der Waals surface area (Å²) < 4.78 is 4.54. The summed E-state index contributed by atoms with van der Waals surface area (Å²) in [6, 6.07) is 0. The van der Waals surface area contributed by atoms with E-state index in [1.807, 2.05) is 0 Å². The van der Waals surface area contributed by atoms with Crippen molar-refractivity contribution in [1.29, 1.82) is 0 Å². The van der Waals surface area contributed by atoms with Crippen molar-refractivity contribution in [3.63, 3.8) is 0 Å². The minimum atomic E-state index is -0.689. The summed E-state index contributed by atoms with van der Waals surface area (Å²) in [4.78, 5) is 32.7. The molecule has 0 aliphatic heterocycles. The Bertz CT molecular complexity index is 247. The van der Waals surface area contributed by atoms with Gasteiger partial charge in [0, 0.05) is 6.42 Å². The number of ketones is 1. The highest BCUT2D eigenvalue weighted by atomic mass is 16.6. The van der Waals surface area contributed by atoms with Crippen molar-refractivity contribution in [2.24, 2.45) is 5.41 Å². The fraction of sp³-hybridized carbons (Fsp3) is 0.700. The lowest BCUT2D eigenvalue weighted by Crippen LogP contribution is -2.25. The average molecular weight is 200 g/mol. The SMILES string of the molecule is CC(=O)CCC(=O)OC(=O)C(C)(C)C. The zero-order valence-electron chi connectivity index (χ0n) is 9.05. The number of Topliss-reactive ketones (excluding diaryl/α,β-unsaturated/α-hetero) is 1. The van der Waals surface area contributed by atoms with Crippen molar-refractivity contribution in [3.8, 4) is 0 Å². The van der Waals surface area contributed by atoms with E-state index in [9.17, 15) is 14.4 Å². The average Bonchev–Trinajstić information content (AvgIpc) is 1.99. The third-order valence-electron chi connectivity index (χ3n) is 1.50. The molecular weight excluding hydrogens is 184 g/mol. The zero-order valence-corrected chi connectivity index (χ0v) is 9.05. The molecule has 0 atom stereocenters. The Hall–Kier alpha value is -1.19. The van der Waals surface area contributed by atoms with E-state index >= 15 is 0 Å². The second kappa shape index (κ2) is 4.88. The van der Waals surface area contributed by atoms with Crippen LogP contribution in [-0.4, -0.2) is 17.7 Å². The van der Waals surface area contributed by atoms with Gasteiger partial charge in [-0.05, 0) is 27.7 Å². The van der Waals surface area contributed by atoms with Gasteiger partial charge in [0.1, 0.15) is 5.78 Å². The fourth-order valence-corrected chi connectivity index (χ4v) is 0.586. The van der Waals surface area contributed by atoms with Crippen molar-refractivity contribution in [2.45, 2.75) is 40.5 Å². The lowest BCUT2D eigenvalue weighted by atomic mass is 9.97. The Morgan fingerprint density at radius 3 is 1.93 bits per heavy atom. The maximum absolute atomic E-state index is 11.2. The molecule has 0 aliphatic rings. The molecule has 0 unspecified atom stereocenters. The largest absolute Gasteiger partial charge is 0.393 e. The van der Waals surface area contributed by atoms with Crippen LogP contribution >= 0.6 is 0 Å². The second-order valence-corrected chi connectivity index (χ2v) is 4.21. The van der Waals surface area contributed by atoms with Crippen molar-refractivity contribution in [1.82, 2.24) is 0 Å². The van der Waals surface area contributed by atoms with E-state index in [4.69, 9.17) is 0 Å². The third-order valence-corrected chi connectivity index (χ3v) is 1.50. The normalized spacial score (nSPS) is 10.9. The van der Waals surface area contributed by atoms with Gasteiger partial charge in [-0.1, -0.05) is 0 Å². The van der Waals surface area contributed by atoms with Crippen LogP contribution in [0.3, 0.4) is 0 Å². The monoisotopic (exact) mass is 200 g/mol. The quantitative estimate of drug-likeness (QED) is 0.511. The van der Waals surface area contributed by atoms with Crippen molar-refractivity contribution in [3.05, 3.63) is 0 Å². The van der Waals surface area contributed by atoms with Crippen LogP contribution in [0.1, 0.15) is 40.5 Å². The number of hydrogen-bond donors (Lipinski definition) is 0. The van der Waals surface area contributed by atoms with Gasteiger partial charge >= 0.3 is 11.9 Å². The first-order valence-corrected chi connectivity index (χ1v) is 4.48. The van der Waals surface area contributed by atoms with Crippen LogP contribution in [0.4, 0.5) is 0 Å². The summed E-state index contributed by atoms with van der Waals surface area (Å²) in [7, 11) is 0. The van der Waals surface area contributed by atoms with Gasteiger partial charge in [0.2, 0.25) is 0 Å². The van der Waals surface area contributed by atoms with E-state index in [2.05, 4.69) is 4.74 Å². The van der Waals surface area contributed by atoms with Gasteiger partial charge in [-0.15, -0.1) is 0 Å². The molecule has 0 heterocycles. The predicted octanol–water partition coefficient (Wildman–Crippen LogP) is 1.47. The van der Waals surface area contributed by atoms with Crippen LogP contribution < -0.4 is 0 Å². The molecule has 0 radical (unpaired) electrons.